The van der Waals surface area contributed by atoms with Gasteiger partial charge in [-0.1, -0.05) is 13.0 Å². The van der Waals surface area contributed by atoms with Gasteiger partial charge in [-0.25, -0.2) is 0 Å². The zero-order valence-electron chi connectivity index (χ0n) is 10.7. The van der Waals surface area contributed by atoms with Crippen LogP contribution in [0.15, 0.2) is 23.6 Å². The molecule has 2 nitrogen and oxygen atoms in total. The van der Waals surface area contributed by atoms with Crippen molar-refractivity contribution in [3.05, 3.63) is 36.2 Å². The van der Waals surface area contributed by atoms with E-state index in [9.17, 15) is 0 Å². The van der Waals surface area contributed by atoms with Crippen LogP contribution in [0.1, 0.15) is 32.9 Å². The number of nitrogens with zero attached hydrogens (tertiary/aromatic N) is 2. The van der Waals surface area contributed by atoms with Gasteiger partial charge in [-0.3, -0.25) is 4.68 Å². The van der Waals surface area contributed by atoms with Crippen LogP contribution in [0.5, 0.6) is 0 Å². The standard InChI is InChI=1S/C14H19N2S/c1-5-7-11-10-12(13-8-6-9-17-13)16(15-11)14(2,3)4/h6,8-10H,1,5,7H2,2-4H3. The van der Waals surface area contributed by atoms with Crippen LogP contribution in [0, 0.1) is 6.92 Å². The van der Waals surface area contributed by atoms with E-state index in [1.54, 1.807) is 11.3 Å². The fourth-order valence-electron chi connectivity index (χ4n) is 1.84. The van der Waals surface area contributed by atoms with Crippen molar-refractivity contribution < 1.29 is 0 Å². The SMILES string of the molecule is [CH2]CCc1cc(-c2cccs2)n(C(C)(C)C)n1. The lowest BCUT2D eigenvalue weighted by Crippen LogP contribution is -2.24. The molecular formula is C14H19N2S. The topological polar surface area (TPSA) is 17.8 Å². The second kappa shape index (κ2) is 4.65. The molecule has 3 heteroatoms. The van der Waals surface area contributed by atoms with Gasteiger partial charge < -0.3 is 0 Å². The van der Waals surface area contributed by atoms with Crippen LogP contribution in [0.25, 0.3) is 10.6 Å². The van der Waals surface area contributed by atoms with E-state index in [4.69, 9.17) is 5.10 Å². The molecule has 0 saturated carbocycles. The van der Waals surface area contributed by atoms with Crippen molar-refractivity contribution in [3.63, 3.8) is 0 Å². The Balaban J connectivity index is 2.49. The molecule has 0 amide bonds. The number of thiophene rings is 1. The van der Waals surface area contributed by atoms with E-state index in [2.05, 4.69) is 56.0 Å². The first kappa shape index (κ1) is 12.4. The lowest BCUT2D eigenvalue weighted by Gasteiger charge is -2.22. The number of hydrogen-bond acceptors (Lipinski definition) is 2. The maximum atomic E-state index is 4.71. The van der Waals surface area contributed by atoms with Crippen LogP contribution >= 0.6 is 11.3 Å². The summed E-state index contributed by atoms with van der Waals surface area (Å²) in [6, 6.07) is 6.43. The lowest BCUT2D eigenvalue weighted by atomic mass is 10.1. The van der Waals surface area contributed by atoms with Crippen molar-refractivity contribution in [3.8, 4) is 10.6 Å². The highest BCUT2D eigenvalue weighted by Gasteiger charge is 2.20. The Morgan fingerprint density at radius 1 is 1.41 bits per heavy atom. The summed E-state index contributed by atoms with van der Waals surface area (Å²) in [7, 11) is 0. The van der Waals surface area contributed by atoms with Crippen LogP contribution in [-0.2, 0) is 12.0 Å². The zero-order valence-corrected chi connectivity index (χ0v) is 11.5. The predicted octanol–water partition coefficient (Wildman–Crippen LogP) is 4.13. The average molecular weight is 247 g/mol. The Bertz CT molecular complexity index is 475. The molecule has 0 aliphatic heterocycles. The minimum absolute atomic E-state index is 0.0126. The van der Waals surface area contributed by atoms with Crippen molar-refractivity contribution in [1.29, 1.82) is 0 Å². The minimum atomic E-state index is 0.0126. The molecular weight excluding hydrogens is 228 g/mol. The van der Waals surface area contributed by atoms with E-state index in [0.29, 0.717) is 0 Å². The monoisotopic (exact) mass is 247 g/mol. The first-order chi connectivity index (χ1) is 8.02. The summed E-state index contributed by atoms with van der Waals surface area (Å²) in [6.07, 6.45) is 1.84. The van der Waals surface area contributed by atoms with E-state index in [1.165, 1.54) is 10.6 Å². The van der Waals surface area contributed by atoms with Crippen molar-refractivity contribution in [1.82, 2.24) is 9.78 Å². The number of hydrogen-bond donors (Lipinski definition) is 0. The molecule has 0 unspecified atom stereocenters. The summed E-state index contributed by atoms with van der Waals surface area (Å²) in [6.45, 7) is 10.5. The van der Waals surface area contributed by atoms with Crippen molar-refractivity contribution >= 4 is 11.3 Å². The highest BCUT2D eigenvalue weighted by Crippen LogP contribution is 2.30. The van der Waals surface area contributed by atoms with Gasteiger partial charge in [-0.2, -0.15) is 5.10 Å². The first-order valence-corrected chi connectivity index (χ1v) is 6.83. The molecule has 0 spiro atoms. The van der Waals surface area contributed by atoms with Gasteiger partial charge in [0.2, 0.25) is 0 Å². The Labute approximate surface area is 107 Å². The fraction of sp³-hybridized carbons (Fsp3) is 0.429. The molecule has 91 valence electrons. The molecule has 0 fully saturated rings. The van der Waals surface area contributed by atoms with E-state index in [-0.39, 0.29) is 5.54 Å². The van der Waals surface area contributed by atoms with Crippen LogP contribution < -0.4 is 0 Å². The van der Waals surface area contributed by atoms with Crippen molar-refractivity contribution in [2.45, 2.75) is 39.2 Å². The quantitative estimate of drug-likeness (QED) is 0.797. The highest BCUT2D eigenvalue weighted by atomic mass is 32.1. The largest absolute Gasteiger partial charge is 0.259 e. The predicted molar refractivity (Wildman–Crippen MR) is 74.2 cm³/mol. The molecule has 2 aromatic heterocycles. The molecule has 1 radical (unpaired) electrons. The summed E-state index contributed by atoms with van der Waals surface area (Å²) in [4.78, 5) is 1.28. The molecule has 2 heterocycles. The number of rotatable bonds is 3. The molecule has 17 heavy (non-hydrogen) atoms. The van der Waals surface area contributed by atoms with Gasteiger partial charge in [0.05, 0.1) is 21.8 Å². The van der Waals surface area contributed by atoms with Gasteiger partial charge in [0.1, 0.15) is 0 Å². The fourth-order valence-corrected chi connectivity index (χ4v) is 2.57. The third-order valence-electron chi connectivity index (χ3n) is 2.60. The molecule has 0 saturated heterocycles. The van der Waals surface area contributed by atoms with E-state index in [1.807, 2.05) is 0 Å². The van der Waals surface area contributed by atoms with Gasteiger partial charge in [-0.15, -0.1) is 11.3 Å². The Hall–Kier alpha value is -1.09. The molecule has 0 bridgehead atoms. The maximum absolute atomic E-state index is 4.71. The second-order valence-corrected chi connectivity index (χ2v) is 6.13. The summed E-state index contributed by atoms with van der Waals surface area (Å²) in [5, 5.41) is 6.82. The summed E-state index contributed by atoms with van der Waals surface area (Å²) in [5.41, 5.74) is 2.37. The highest BCUT2D eigenvalue weighted by molar-refractivity contribution is 7.13. The molecule has 0 aliphatic rings. The molecule has 0 aromatic carbocycles. The van der Waals surface area contributed by atoms with E-state index < -0.39 is 0 Å². The van der Waals surface area contributed by atoms with Crippen LogP contribution in [0.4, 0.5) is 0 Å². The van der Waals surface area contributed by atoms with Gasteiger partial charge in [0, 0.05) is 0 Å². The Kier molecular flexibility index (Phi) is 3.38. The molecule has 2 aromatic rings. The van der Waals surface area contributed by atoms with Gasteiger partial charge in [-0.05, 0) is 51.1 Å². The Morgan fingerprint density at radius 2 is 2.18 bits per heavy atom. The third-order valence-corrected chi connectivity index (χ3v) is 3.49. The minimum Gasteiger partial charge on any atom is -0.259 e. The van der Waals surface area contributed by atoms with Crippen LogP contribution in [0.3, 0.4) is 0 Å². The second-order valence-electron chi connectivity index (χ2n) is 5.18. The van der Waals surface area contributed by atoms with Gasteiger partial charge >= 0.3 is 0 Å². The lowest BCUT2D eigenvalue weighted by molar-refractivity contribution is 0.358. The molecule has 0 aliphatic carbocycles. The summed E-state index contributed by atoms with van der Waals surface area (Å²) < 4.78 is 2.13. The average Bonchev–Trinajstić information content (AvgIpc) is 2.82. The van der Waals surface area contributed by atoms with E-state index >= 15 is 0 Å². The number of aromatic nitrogens is 2. The summed E-state index contributed by atoms with van der Waals surface area (Å²) >= 11 is 1.76. The first-order valence-electron chi connectivity index (χ1n) is 5.95. The van der Waals surface area contributed by atoms with Crippen molar-refractivity contribution in [2.75, 3.05) is 0 Å². The van der Waals surface area contributed by atoms with Crippen LogP contribution in [-0.4, -0.2) is 9.78 Å². The van der Waals surface area contributed by atoms with Gasteiger partial charge in [0.15, 0.2) is 0 Å². The normalized spacial score (nSPS) is 12.0. The molecule has 2 rings (SSSR count). The van der Waals surface area contributed by atoms with E-state index in [0.717, 1.165) is 18.5 Å². The summed E-state index contributed by atoms with van der Waals surface area (Å²) in [5.74, 6) is 0. The number of aryl methyl sites for hydroxylation is 1. The maximum Gasteiger partial charge on any atom is 0.0791 e. The van der Waals surface area contributed by atoms with Crippen LogP contribution in [0.2, 0.25) is 0 Å². The van der Waals surface area contributed by atoms with Crippen molar-refractivity contribution in [2.24, 2.45) is 0 Å². The smallest absolute Gasteiger partial charge is 0.0791 e. The Morgan fingerprint density at radius 3 is 2.71 bits per heavy atom. The third kappa shape index (κ3) is 2.60. The van der Waals surface area contributed by atoms with Gasteiger partial charge in [0.25, 0.3) is 0 Å². The zero-order chi connectivity index (χ0) is 12.5. The molecule has 0 atom stereocenters. The molecule has 0 N–H and O–H groups in total.